The lowest BCUT2D eigenvalue weighted by Gasteiger charge is -2.37. The van der Waals surface area contributed by atoms with E-state index in [0.29, 0.717) is 0 Å². The van der Waals surface area contributed by atoms with E-state index < -0.39 is 0 Å². The SMILES string of the molecule is CCNC1CCCN(C(C)c2ccccc2)C1=O. The second-order valence-corrected chi connectivity index (χ2v) is 4.87. The third-order valence-electron chi connectivity index (χ3n) is 3.67. The zero-order chi connectivity index (χ0) is 13.0. The van der Waals surface area contributed by atoms with Gasteiger partial charge in [-0.25, -0.2) is 0 Å². The Kier molecular flexibility index (Phi) is 4.37. The van der Waals surface area contributed by atoms with Crippen molar-refractivity contribution >= 4 is 5.91 Å². The summed E-state index contributed by atoms with van der Waals surface area (Å²) in [6, 6.07) is 10.4. The van der Waals surface area contributed by atoms with E-state index in [-0.39, 0.29) is 18.0 Å². The van der Waals surface area contributed by atoms with Crippen LogP contribution < -0.4 is 5.32 Å². The Morgan fingerprint density at radius 2 is 2.11 bits per heavy atom. The van der Waals surface area contributed by atoms with Crippen molar-refractivity contribution < 1.29 is 4.79 Å². The maximum Gasteiger partial charge on any atom is 0.240 e. The van der Waals surface area contributed by atoms with Crippen molar-refractivity contribution in [2.45, 2.75) is 38.8 Å². The van der Waals surface area contributed by atoms with Gasteiger partial charge in [0.05, 0.1) is 12.1 Å². The lowest BCUT2D eigenvalue weighted by Crippen LogP contribution is -2.51. The molecule has 3 heteroatoms. The molecule has 1 fully saturated rings. The molecule has 3 nitrogen and oxygen atoms in total. The van der Waals surface area contributed by atoms with Crippen molar-refractivity contribution in [3.05, 3.63) is 35.9 Å². The van der Waals surface area contributed by atoms with Gasteiger partial charge in [-0.05, 0) is 31.9 Å². The first-order valence-corrected chi connectivity index (χ1v) is 6.83. The van der Waals surface area contributed by atoms with E-state index >= 15 is 0 Å². The summed E-state index contributed by atoms with van der Waals surface area (Å²) >= 11 is 0. The summed E-state index contributed by atoms with van der Waals surface area (Å²) in [5.74, 6) is 0.249. The fraction of sp³-hybridized carbons (Fsp3) is 0.533. The van der Waals surface area contributed by atoms with Gasteiger partial charge >= 0.3 is 0 Å². The molecule has 2 atom stereocenters. The fourth-order valence-electron chi connectivity index (χ4n) is 2.63. The molecule has 98 valence electrons. The summed E-state index contributed by atoms with van der Waals surface area (Å²) in [6.07, 6.45) is 2.05. The number of piperidine rings is 1. The molecule has 1 aromatic rings. The summed E-state index contributed by atoms with van der Waals surface area (Å²) in [6.45, 7) is 5.88. The first kappa shape index (κ1) is 13.1. The van der Waals surface area contributed by atoms with E-state index in [1.807, 2.05) is 30.0 Å². The number of nitrogens with zero attached hydrogens (tertiary/aromatic N) is 1. The van der Waals surface area contributed by atoms with Crippen molar-refractivity contribution in [2.75, 3.05) is 13.1 Å². The molecule has 1 amide bonds. The van der Waals surface area contributed by atoms with Crippen LogP contribution in [-0.4, -0.2) is 29.9 Å². The first-order chi connectivity index (χ1) is 8.74. The number of carbonyl (C=O) groups is 1. The third-order valence-corrected chi connectivity index (χ3v) is 3.67. The molecule has 0 spiro atoms. The standard InChI is InChI=1S/C15H22N2O/c1-3-16-14-10-7-11-17(15(14)18)12(2)13-8-5-4-6-9-13/h4-6,8-9,12,14,16H,3,7,10-11H2,1-2H3. The Bertz CT molecular complexity index is 389. The molecule has 1 aromatic carbocycles. The van der Waals surface area contributed by atoms with Crippen molar-refractivity contribution in [1.82, 2.24) is 10.2 Å². The number of hydrogen-bond donors (Lipinski definition) is 1. The largest absolute Gasteiger partial charge is 0.335 e. The predicted molar refractivity (Wildman–Crippen MR) is 73.3 cm³/mol. The van der Waals surface area contributed by atoms with Crippen LogP contribution in [0.25, 0.3) is 0 Å². The van der Waals surface area contributed by atoms with E-state index in [9.17, 15) is 4.79 Å². The van der Waals surface area contributed by atoms with Crippen molar-refractivity contribution in [3.8, 4) is 0 Å². The molecular weight excluding hydrogens is 224 g/mol. The molecule has 0 aromatic heterocycles. The summed E-state index contributed by atoms with van der Waals surface area (Å²) in [5.41, 5.74) is 1.21. The third kappa shape index (κ3) is 2.72. The molecule has 0 radical (unpaired) electrons. The van der Waals surface area contributed by atoms with Gasteiger partial charge in [-0.1, -0.05) is 37.3 Å². The molecule has 1 saturated heterocycles. The lowest BCUT2D eigenvalue weighted by atomic mass is 9.99. The first-order valence-electron chi connectivity index (χ1n) is 6.83. The van der Waals surface area contributed by atoms with Crippen LogP contribution in [-0.2, 0) is 4.79 Å². The average molecular weight is 246 g/mol. The number of likely N-dealkylation sites (tertiary alicyclic amines) is 1. The topological polar surface area (TPSA) is 32.3 Å². The normalized spacial score (nSPS) is 22.0. The molecule has 1 N–H and O–H groups in total. The van der Waals surface area contributed by atoms with Gasteiger partial charge in [0.1, 0.15) is 0 Å². The maximum atomic E-state index is 12.4. The zero-order valence-corrected chi connectivity index (χ0v) is 11.2. The molecule has 0 aliphatic carbocycles. The Hall–Kier alpha value is -1.35. The van der Waals surface area contributed by atoms with Crippen LogP contribution >= 0.6 is 0 Å². The minimum atomic E-state index is 0.00918. The van der Waals surface area contributed by atoms with Crippen LogP contribution in [0.5, 0.6) is 0 Å². The van der Waals surface area contributed by atoms with Gasteiger partial charge in [0.25, 0.3) is 0 Å². The van der Waals surface area contributed by atoms with Gasteiger partial charge in [-0.3, -0.25) is 4.79 Å². The molecule has 2 unspecified atom stereocenters. The second-order valence-electron chi connectivity index (χ2n) is 4.87. The summed E-state index contributed by atoms with van der Waals surface area (Å²) in [5, 5.41) is 3.28. The highest BCUT2D eigenvalue weighted by atomic mass is 16.2. The van der Waals surface area contributed by atoms with Gasteiger partial charge < -0.3 is 10.2 Å². The molecule has 0 bridgehead atoms. The predicted octanol–water partition coefficient (Wildman–Crippen LogP) is 2.35. The Balaban J connectivity index is 2.10. The summed E-state index contributed by atoms with van der Waals surface area (Å²) in [7, 11) is 0. The Morgan fingerprint density at radius 1 is 1.39 bits per heavy atom. The number of nitrogens with one attached hydrogen (secondary N) is 1. The van der Waals surface area contributed by atoms with Crippen LogP contribution in [0.4, 0.5) is 0 Å². The number of carbonyl (C=O) groups excluding carboxylic acids is 1. The molecular formula is C15H22N2O. The monoisotopic (exact) mass is 246 g/mol. The number of benzene rings is 1. The lowest BCUT2D eigenvalue weighted by molar-refractivity contribution is -0.138. The van der Waals surface area contributed by atoms with Crippen LogP contribution in [0.1, 0.15) is 38.3 Å². The van der Waals surface area contributed by atoms with Gasteiger partial charge in [0, 0.05) is 6.54 Å². The highest BCUT2D eigenvalue weighted by Gasteiger charge is 2.31. The van der Waals surface area contributed by atoms with E-state index in [1.165, 1.54) is 5.56 Å². The smallest absolute Gasteiger partial charge is 0.240 e. The minimum absolute atomic E-state index is 0.00918. The van der Waals surface area contributed by atoms with Gasteiger partial charge in [0.2, 0.25) is 5.91 Å². The highest BCUT2D eigenvalue weighted by molar-refractivity contribution is 5.83. The van der Waals surface area contributed by atoms with Crippen LogP contribution in [0.3, 0.4) is 0 Å². The summed E-state index contributed by atoms with van der Waals surface area (Å²) in [4.78, 5) is 14.4. The van der Waals surface area contributed by atoms with Crippen molar-refractivity contribution in [2.24, 2.45) is 0 Å². The van der Waals surface area contributed by atoms with Crippen molar-refractivity contribution in [1.29, 1.82) is 0 Å². The molecule has 0 saturated carbocycles. The maximum absolute atomic E-state index is 12.4. The minimum Gasteiger partial charge on any atom is -0.335 e. The molecule has 2 rings (SSSR count). The number of amides is 1. The molecule has 1 aliphatic heterocycles. The Morgan fingerprint density at radius 3 is 2.78 bits per heavy atom. The van der Waals surface area contributed by atoms with E-state index in [0.717, 1.165) is 25.9 Å². The van der Waals surface area contributed by atoms with Crippen LogP contribution in [0, 0.1) is 0 Å². The number of rotatable bonds is 4. The number of likely N-dealkylation sites (N-methyl/N-ethyl adjacent to an activating group) is 1. The molecule has 1 aliphatic rings. The van der Waals surface area contributed by atoms with E-state index in [4.69, 9.17) is 0 Å². The Labute approximate surface area is 109 Å². The fourth-order valence-corrected chi connectivity index (χ4v) is 2.63. The quantitative estimate of drug-likeness (QED) is 0.884. The van der Waals surface area contributed by atoms with E-state index in [2.05, 4.69) is 24.4 Å². The highest BCUT2D eigenvalue weighted by Crippen LogP contribution is 2.24. The van der Waals surface area contributed by atoms with Crippen LogP contribution in [0.2, 0.25) is 0 Å². The summed E-state index contributed by atoms with van der Waals surface area (Å²) < 4.78 is 0. The number of hydrogen-bond acceptors (Lipinski definition) is 2. The average Bonchev–Trinajstić information content (AvgIpc) is 2.42. The van der Waals surface area contributed by atoms with Crippen molar-refractivity contribution in [3.63, 3.8) is 0 Å². The molecule has 1 heterocycles. The van der Waals surface area contributed by atoms with Gasteiger partial charge in [0.15, 0.2) is 0 Å². The van der Waals surface area contributed by atoms with Crippen LogP contribution in [0.15, 0.2) is 30.3 Å². The zero-order valence-electron chi connectivity index (χ0n) is 11.2. The second kappa shape index (κ2) is 6.01. The van der Waals surface area contributed by atoms with Gasteiger partial charge in [-0.15, -0.1) is 0 Å². The van der Waals surface area contributed by atoms with Gasteiger partial charge in [-0.2, -0.15) is 0 Å². The molecule has 18 heavy (non-hydrogen) atoms. The van der Waals surface area contributed by atoms with E-state index in [1.54, 1.807) is 0 Å².